The topological polar surface area (TPSA) is 8.17 Å². The molecule has 11 aromatic rings. The minimum atomic E-state index is -0.240. The molecule has 0 atom stereocenters. The normalized spacial score (nSPS) is 13.3. The zero-order valence-electron chi connectivity index (χ0n) is 33.3. The predicted molar refractivity (Wildman–Crippen MR) is 256 cm³/mol. The Kier molecular flexibility index (Phi) is 6.98. The first-order chi connectivity index (χ1) is 29.5. The molecule has 0 unspecified atom stereocenters. The molecule has 2 nitrogen and oxygen atoms in total. The average Bonchev–Trinajstić information content (AvgIpc) is 3.89. The van der Waals surface area contributed by atoms with Crippen molar-refractivity contribution < 1.29 is 0 Å². The molecule has 1 aliphatic heterocycles. The van der Waals surface area contributed by atoms with E-state index in [4.69, 9.17) is 0 Å². The number of hydrogen-bond acceptors (Lipinski definition) is 2. The monoisotopic (exact) mass is 782 g/mol. The number of thiophene rings is 1. The van der Waals surface area contributed by atoms with E-state index < -0.39 is 0 Å². The summed E-state index contributed by atoms with van der Waals surface area (Å²) in [7, 11) is 0. The third kappa shape index (κ3) is 4.58. The number of nitrogens with zero attached hydrogens (tertiary/aromatic N) is 2. The van der Waals surface area contributed by atoms with E-state index in [2.05, 4.69) is 217 Å². The van der Waals surface area contributed by atoms with E-state index in [0.29, 0.717) is 0 Å². The van der Waals surface area contributed by atoms with Gasteiger partial charge in [-0.3, -0.25) is 0 Å². The van der Waals surface area contributed by atoms with Crippen molar-refractivity contribution in [3.63, 3.8) is 0 Å². The maximum absolute atomic E-state index is 2.55. The van der Waals surface area contributed by atoms with Crippen molar-refractivity contribution in [1.29, 1.82) is 0 Å². The smallest absolute Gasteiger partial charge is 0.0623 e. The molecule has 0 N–H and O–H groups in total. The maximum atomic E-state index is 2.55. The lowest BCUT2D eigenvalue weighted by atomic mass is 9.81. The van der Waals surface area contributed by atoms with Crippen LogP contribution in [0.15, 0.2) is 194 Å². The summed E-state index contributed by atoms with van der Waals surface area (Å²) >= 11 is 1.87. The van der Waals surface area contributed by atoms with Gasteiger partial charge >= 0.3 is 0 Å². The van der Waals surface area contributed by atoms with Gasteiger partial charge in [0.15, 0.2) is 0 Å². The zero-order chi connectivity index (χ0) is 39.7. The molecule has 0 saturated carbocycles. The molecule has 2 aliphatic rings. The third-order valence-corrected chi connectivity index (χ3v) is 14.4. The second-order valence-electron chi connectivity index (χ2n) is 16.8. The molecule has 282 valence electrons. The molecular formula is C57H38N2S. The molecular weight excluding hydrogens is 745 g/mol. The summed E-state index contributed by atoms with van der Waals surface area (Å²) in [5, 5.41) is 5.18. The van der Waals surface area contributed by atoms with Gasteiger partial charge in [0.2, 0.25) is 0 Å². The Morgan fingerprint density at radius 1 is 0.450 bits per heavy atom. The Balaban J connectivity index is 1.15. The zero-order valence-corrected chi connectivity index (χ0v) is 34.1. The van der Waals surface area contributed by atoms with Crippen molar-refractivity contribution in [2.45, 2.75) is 19.3 Å². The molecule has 0 amide bonds. The van der Waals surface area contributed by atoms with E-state index >= 15 is 0 Å². The standard InChI is InChI=1S/C57H38N2S/c1-57(2)46-31-30-42-40-20-9-12-23-48(40)59-49-24-13-10-21-41(49)45-33-38(34-47(57)53(45)55(46)56(42)59)58(50-25-15-27-52-54(50)43-22-11-14-26-51(43)60-52)37-28-29-39(35-16-5-3-6-17-35)44(32-37)36-18-7-4-8-19-36/h3-34H,1-2H3. The summed E-state index contributed by atoms with van der Waals surface area (Å²) in [4.78, 5) is 2.55. The minimum Gasteiger partial charge on any atom is -0.310 e. The van der Waals surface area contributed by atoms with Crippen LogP contribution in [0.2, 0.25) is 0 Å². The van der Waals surface area contributed by atoms with Crippen molar-refractivity contribution in [3.05, 3.63) is 205 Å². The largest absolute Gasteiger partial charge is 0.310 e. The van der Waals surface area contributed by atoms with Crippen LogP contribution in [0.4, 0.5) is 17.1 Å². The Bertz CT molecular complexity index is 3570. The highest BCUT2D eigenvalue weighted by Gasteiger charge is 2.42. The van der Waals surface area contributed by atoms with Gasteiger partial charge in [-0.25, -0.2) is 0 Å². The van der Waals surface area contributed by atoms with Crippen molar-refractivity contribution >= 4 is 70.4 Å². The lowest BCUT2D eigenvalue weighted by molar-refractivity contribution is 0.661. The Hall–Kier alpha value is -7.20. The van der Waals surface area contributed by atoms with Gasteiger partial charge in [-0.15, -0.1) is 11.3 Å². The summed E-state index contributed by atoms with van der Waals surface area (Å²) in [6.45, 7) is 4.86. The van der Waals surface area contributed by atoms with Crippen LogP contribution >= 0.6 is 11.3 Å². The number of benzene rings is 9. The van der Waals surface area contributed by atoms with Crippen LogP contribution in [0.25, 0.3) is 92.2 Å². The molecule has 3 heterocycles. The third-order valence-electron chi connectivity index (χ3n) is 13.3. The van der Waals surface area contributed by atoms with E-state index in [1.54, 1.807) is 0 Å². The number of anilines is 3. The average molecular weight is 783 g/mol. The maximum Gasteiger partial charge on any atom is 0.0623 e. The molecule has 13 rings (SSSR count). The Labute approximate surface area is 352 Å². The van der Waals surface area contributed by atoms with Gasteiger partial charge in [0.25, 0.3) is 0 Å². The molecule has 0 saturated heterocycles. The molecule has 0 fully saturated rings. The van der Waals surface area contributed by atoms with Gasteiger partial charge < -0.3 is 9.47 Å². The highest BCUT2D eigenvalue weighted by atomic mass is 32.1. The number of para-hydroxylation sites is 2. The first kappa shape index (κ1) is 33.7. The fourth-order valence-electron chi connectivity index (χ4n) is 10.6. The van der Waals surface area contributed by atoms with E-state index in [-0.39, 0.29) is 5.41 Å². The number of hydrogen-bond donors (Lipinski definition) is 0. The van der Waals surface area contributed by atoms with Crippen molar-refractivity contribution in [2.24, 2.45) is 0 Å². The van der Waals surface area contributed by atoms with E-state index in [9.17, 15) is 0 Å². The molecule has 2 aromatic heterocycles. The highest BCUT2D eigenvalue weighted by Crippen LogP contribution is 2.60. The van der Waals surface area contributed by atoms with Gasteiger partial charge in [-0.1, -0.05) is 153 Å². The molecule has 0 spiro atoms. The molecule has 60 heavy (non-hydrogen) atoms. The highest BCUT2D eigenvalue weighted by molar-refractivity contribution is 7.26. The van der Waals surface area contributed by atoms with Gasteiger partial charge in [0, 0.05) is 58.9 Å². The Morgan fingerprint density at radius 2 is 1.13 bits per heavy atom. The van der Waals surface area contributed by atoms with Crippen LogP contribution in [-0.2, 0) is 5.41 Å². The van der Waals surface area contributed by atoms with Crippen LogP contribution < -0.4 is 4.90 Å². The number of aromatic nitrogens is 1. The summed E-state index contributed by atoms with van der Waals surface area (Å²) in [6, 6.07) is 72.3. The van der Waals surface area contributed by atoms with Gasteiger partial charge in [-0.2, -0.15) is 0 Å². The van der Waals surface area contributed by atoms with Crippen LogP contribution in [0, 0.1) is 0 Å². The van der Waals surface area contributed by atoms with Crippen LogP contribution in [0.5, 0.6) is 0 Å². The summed E-state index contributed by atoms with van der Waals surface area (Å²) in [5.74, 6) is 0. The summed E-state index contributed by atoms with van der Waals surface area (Å²) in [5.41, 5.74) is 19.8. The van der Waals surface area contributed by atoms with Gasteiger partial charge in [-0.05, 0) is 99.1 Å². The van der Waals surface area contributed by atoms with Crippen LogP contribution in [0.1, 0.15) is 25.0 Å². The van der Waals surface area contributed by atoms with E-state index in [1.807, 2.05) is 11.3 Å². The van der Waals surface area contributed by atoms with Crippen LogP contribution in [-0.4, -0.2) is 4.57 Å². The van der Waals surface area contributed by atoms with Gasteiger partial charge in [0.05, 0.1) is 22.4 Å². The molecule has 3 heteroatoms. The lowest BCUT2D eigenvalue weighted by Gasteiger charge is -2.30. The fourth-order valence-corrected chi connectivity index (χ4v) is 11.7. The molecule has 0 radical (unpaired) electrons. The molecule has 0 bridgehead atoms. The second-order valence-corrected chi connectivity index (χ2v) is 17.9. The first-order valence-electron chi connectivity index (χ1n) is 20.9. The lowest BCUT2D eigenvalue weighted by Crippen LogP contribution is -2.17. The van der Waals surface area contributed by atoms with Crippen LogP contribution in [0.3, 0.4) is 0 Å². The SMILES string of the molecule is CC1(C)c2cc(N(c3ccc(-c4ccccc4)c(-c4ccccc4)c3)c3cccc4sc5ccccc5c34)cc3c2-c2c1ccc1c4ccccc4n(c21)-c1ccccc1-3. The fraction of sp³-hybridized carbons (Fsp3) is 0.0526. The number of fused-ring (bicyclic) bond motifs is 9. The van der Waals surface area contributed by atoms with E-state index in [0.717, 1.165) is 11.4 Å². The predicted octanol–water partition coefficient (Wildman–Crippen LogP) is 16.2. The van der Waals surface area contributed by atoms with Crippen molar-refractivity contribution in [3.8, 4) is 50.2 Å². The van der Waals surface area contributed by atoms with Crippen molar-refractivity contribution in [2.75, 3.05) is 4.90 Å². The summed E-state index contributed by atoms with van der Waals surface area (Å²) in [6.07, 6.45) is 0. The van der Waals surface area contributed by atoms with Crippen molar-refractivity contribution in [1.82, 2.24) is 4.57 Å². The number of rotatable bonds is 5. The second kappa shape index (κ2) is 12.4. The Morgan fingerprint density at radius 3 is 1.97 bits per heavy atom. The minimum absolute atomic E-state index is 0.240. The van der Waals surface area contributed by atoms with Gasteiger partial charge in [0.1, 0.15) is 0 Å². The quantitative estimate of drug-likeness (QED) is 0.169. The molecule has 9 aromatic carbocycles. The summed E-state index contributed by atoms with van der Waals surface area (Å²) < 4.78 is 5.14. The van der Waals surface area contributed by atoms with E-state index in [1.165, 1.54) is 109 Å². The first-order valence-corrected chi connectivity index (χ1v) is 21.7. The molecule has 1 aliphatic carbocycles.